The fourth-order valence-corrected chi connectivity index (χ4v) is 2.50. The SMILES string of the molecule is COc1cc(N)c(Cl)cc1C(=O)Nc1nnc(C(C)C)s1. The van der Waals surface area contributed by atoms with Crippen LogP contribution in [0, 0.1) is 0 Å². The van der Waals surface area contributed by atoms with E-state index >= 15 is 0 Å². The maximum atomic E-state index is 12.3. The Morgan fingerprint density at radius 1 is 1.43 bits per heavy atom. The molecule has 0 radical (unpaired) electrons. The van der Waals surface area contributed by atoms with Gasteiger partial charge in [0.1, 0.15) is 10.8 Å². The number of nitrogens with two attached hydrogens (primary N) is 1. The maximum Gasteiger partial charge on any atom is 0.261 e. The van der Waals surface area contributed by atoms with Crippen LogP contribution in [0.5, 0.6) is 5.75 Å². The minimum atomic E-state index is -0.375. The van der Waals surface area contributed by atoms with Crippen molar-refractivity contribution < 1.29 is 9.53 Å². The number of benzene rings is 1. The number of nitrogens with one attached hydrogen (secondary N) is 1. The van der Waals surface area contributed by atoms with Crippen molar-refractivity contribution in [2.45, 2.75) is 19.8 Å². The molecule has 0 aliphatic carbocycles. The van der Waals surface area contributed by atoms with Gasteiger partial charge in [0.05, 0.1) is 23.4 Å². The molecule has 1 aromatic heterocycles. The molecule has 1 amide bonds. The van der Waals surface area contributed by atoms with E-state index in [1.807, 2.05) is 13.8 Å². The summed E-state index contributed by atoms with van der Waals surface area (Å²) in [6.45, 7) is 4.02. The van der Waals surface area contributed by atoms with Gasteiger partial charge in [0, 0.05) is 12.0 Å². The summed E-state index contributed by atoms with van der Waals surface area (Å²) in [5.74, 6) is 0.233. The van der Waals surface area contributed by atoms with E-state index < -0.39 is 0 Å². The van der Waals surface area contributed by atoms with Crippen molar-refractivity contribution in [3.8, 4) is 5.75 Å². The van der Waals surface area contributed by atoms with Crippen LogP contribution in [0.15, 0.2) is 12.1 Å². The van der Waals surface area contributed by atoms with E-state index in [0.717, 1.165) is 5.01 Å². The van der Waals surface area contributed by atoms with Crippen molar-refractivity contribution >= 4 is 39.7 Å². The van der Waals surface area contributed by atoms with E-state index in [0.29, 0.717) is 21.6 Å². The molecule has 2 aromatic rings. The Morgan fingerprint density at radius 3 is 2.71 bits per heavy atom. The van der Waals surface area contributed by atoms with E-state index in [1.165, 1.54) is 30.6 Å². The number of methoxy groups -OCH3 is 1. The zero-order chi connectivity index (χ0) is 15.6. The van der Waals surface area contributed by atoms with Gasteiger partial charge in [-0.2, -0.15) is 0 Å². The van der Waals surface area contributed by atoms with Gasteiger partial charge in [-0.25, -0.2) is 0 Å². The second-order valence-corrected chi connectivity index (χ2v) is 6.04. The third-order valence-electron chi connectivity index (χ3n) is 2.72. The highest BCUT2D eigenvalue weighted by Crippen LogP contribution is 2.30. The first-order chi connectivity index (χ1) is 9.92. The highest BCUT2D eigenvalue weighted by atomic mass is 35.5. The summed E-state index contributed by atoms with van der Waals surface area (Å²) in [6.07, 6.45) is 0. The van der Waals surface area contributed by atoms with Crippen LogP contribution in [0.4, 0.5) is 10.8 Å². The molecule has 0 bridgehead atoms. The highest BCUT2D eigenvalue weighted by molar-refractivity contribution is 7.15. The fourth-order valence-electron chi connectivity index (χ4n) is 1.60. The summed E-state index contributed by atoms with van der Waals surface area (Å²) in [5.41, 5.74) is 6.33. The van der Waals surface area contributed by atoms with Gasteiger partial charge in [-0.05, 0) is 6.07 Å². The molecule has 0 aliphatic heterocycles. The number of carbonyl (C=O) groups is 1. The normalized spacial score (nSPS) is 10.7. The van der Waals surface area contributed by atoms with Crippen LogP contribution in [-0.4, -0.2) is 23.2 Å². The number of hydrogen-bond acceptors (Lipinski definition) is 6. The number of hydrogen-bond donors (Lipinski definition) is 2. The Morgan fingerprint density at radius 2 is 2.14 bits per heavy atom. The summed E-state index contributed by atoms with van der Waals surface area (Å²) in [5, 5.41) is 12.2. The van der Waals surface area contributed by atoms with Crippen LogP contribution in [-0.2, 0) is 0 Å². The standard InChI is InChI=1S/C13H15ClN4O2S/c1-6(2)12-17-18-13(21-12)16-11(19)7-4-8(14)9(15)5-10(7)20-3/h4-6H,15H2,1-3H3,(H,16,18,19). The first kappa shape index (κ1) is 15.5. The van der Waals surface area contributed by atoms with Crippen molar-refractivity contribution in [2.75, 3.05) is 18.2 Å². The van der Waals surface area contributed by atoms with Crippen molar-refractivity contribution in [1.82, 2.24) is 10.2 Å². The number of carbonyl (C=O) groups excluding carboxylic acids is 1. The molecule has 0 fully saturated rings. The molecular formula is C13H15ClN4O2S. The molecule has 112 valence electrons. The number of aromatic nitrogens is 2. The summed E-state index contributed by atoms with van der Waals surface area (Å²) in [4.78, 5) is 12.3. The maximum absolute atomic E-state index is 12.3. The number of amides is 1. The van der Waals surface area contributed by atoms with E-state index in [-0.39, 0.29) is 17.4 Å². The Bertz CT molecular complexity index is 672. The monoisotopic (exact) mass is 326 g/mol. The van der Waals surface area contributed by atoms with E-state index in [4.69, 9.17) is 22.1 Å². The lowest BCUT2D eigenvalue weighted by atomic mass is 10.1. The Balaban J connectivity index is 2.25. The highest BCUT2D eigenvalue weighted by Gasteiger charge is 2.17. The van der Waals surface area contributed by atoms with Gasteiger partial charge < -0.3 is 10.5 Å². The number of nitrogen functional groups attached to an aromatic ring is 1. The predicted molar refractivity (Wildman–Crippen MR) is 84.4 cm³/mol. The molecule has 3 N–H and O–H groups in total. The van der Waals surface area contributed by atoms with E-state index in [2.05, 4.69) is 15.5 Å². The molecule has 2 rings (SSSR count). The van der Waals surface area contributed by atoms with Crippen molar-refractivity contribution in [3.63, 3.8) is 0 Å². The topological polar surface area (TPSA) is 90.1 Å². The van der Waals surface area contributed by atoms with Gasteiger partial charge in [0.15, 0.2) is 0 Å². The number of rotatable bonds is 4. The van der Waals surface area contributed by atoms with Gasteiger partial charge in [-0.3, -0.25) is 10.1 Å². The summed E-state index contributed by atoms with van der Waals surface area (Å²) < 4.78 is 5.15. The quantitative estimate of drug-likeness (QED) is 0.842. The van der Waals surface area contributed by atoms with Crippen LogP contribution in [0.25, 0.3) is 0 Å². The molecular weight excluding hydrogens is 312 g/mol. The van der Waals surface area contributed by atoms with Crippen LogP contribution >= 0.6 is 22.9 Å². The molecule has 1 aromatic carbocycles. The van der Waals surface area contributed by atoms with Gasteiger partial charge in [0.25, 0.3) is 5.91 Å². The van der Waals surface area contributed by atoms with Gasteiger partial charge in [0.2, 0.25) is 5.13 Å². The van der Waals surface area contributed by atoms with Gasteiger partial charge >= 0.3 is 0 Å². The van der Waals surface area contributed by atoms with Crippen molar-refractivity contribution in [3.05, 3.63) is 27.7 Å². The van der Waals surface area contributed by atoms with Crippen molar-refractivity contribution in [1.29, 1.82) is 0 Å². The molecule has 0 aliphatic rings. The second-order valence-electron chi connectivity index (χ2n) is 4.63. The fraction of sp³-hybridized carbons (Fsp3) is 0.308. The Labute approximate surface area is 131 Å². The first-order valence-corrected chi connectivity index (χ1v) is 7.39. The lowest BCUT2D eigenvalue weighted by Crippen LogP contribution is -2.13. The van der Waals surface area contributed by atoms with Crippen LogP contribution in [0.1, 0.15) is 35.1 Å². The van der Waals surface area contributed by atoms with E-state index in [1.54, 1.807) is 0 Å². The third-order valence-corrected chi connectivity index (χ3v) is 4.19. The van der Waals surface area contributed by atoms with Crippen LogP contribution < -0.4 is 15.8 Å². The largest absolute Gasteiger partial charge is 0.496 e. The molecule has 0 saturated carbocycles. The Kier molecular flexibility index (Phi) is 4.64. The molecule has 0 spiro atoms. The lowest BCUT2D eigenvalue weighted by Gasteiger charge is -2.09. The van der Waals surface area contributed by atoms with Gasteiger partial charge in [-0.1, -0.05) is 36.8 Å². The smallest absolute Gasteiger partial charge is 0.261 e. The zero-order valence-corrected chi connectivity index (χ0v) is 13.4. The predicted octanol–water partition coefficient (Wildman–Crippen LogP) is 3.16. The molecule has 0 unspecified atom stereocenters. The number of ether oxygens (including phenoxy) is 1. The third kappa shape index (κ3) is 3.43. The van der Waals surface area contributed by atoms with Crippen molar-refractivity contribution in [2.24, 2.45) is 0 Å². The molecule has 0 saturated heterocycles. The first-order valence-electron chi connectivity index (χ1n) is 6.20. The number of anilines is 2. The average Bonchev–Trinajstić information content (AvgIpc) is 2.89. The molecule has 6 nitrogen and oxygen atoms in total. The van der Waals surface area contributed by atoms with Crippen LogP contribution in [0.3, 0.4) is 0 Å². The minimum absolute atomic E-state index is 0.258. The number of halogens is 1. The molecule has 8 heteroatoms. The summed E-state index contributed by atoms with van der Waals surface area (Å²) in [7, 11) is 1.46. The minimum Gasteiger partial charge on any atom is -0.496 e. The summed E-state index contributed by atoms with van der Waals surface area (Å²) in [6, 6.07) is 2.98. The van der Waals surface area contributed by atoms with Crippen LogP contribution in [0.2, 0.25) is 5.02 Å². The lowest BCUT2D eigenvalue weighted by molar-refractivity contribution is 0.102. The van der Waals surface area contributed by atoms with Gasteiger partial charge in [-0.15, -0.1) is 10.2 Å². The second kappa shape index (κ2) is 6.28. The molecule has 0 atom stereocenters. The Hall–Kier alpha value is -1.86. The summed E-state index contributed by atoms with van der Waals surface area (Å²) >= 11 is 7.28. The molecule has 1 heterocycles. The number of nitrogens with zero attached hydrogens (tertiary/aromatic N) is 2. The van der Waals surface area contributed by atoms with E-state index in [9.17, 15) is 4.79 Å². The molecule has 21 heavy (non-hydrogen) atoms. The zero-order valence-electron chi connectivity index (χ0n) is 11.8. The average molecular weight is 327 g/mol.